The van der Waals surface area contributed by atoms with E-state index >= 15 is 0 Å². The summed E-state index contributed by atoms with van der Waals surface area (Å²) >= 11 is 0. The average molecular weight is 349 g/mol. The third kappa shape index (κ3) is 3.43. The number of anilines is 2. The van der Waals surface area contributed by atoms with Crippen LogP contribution in [0.2, 0.25) is 0 Å². The Bertz CT molecular complexity index is 845. The van der Waals surface area contributed by atoms with E-state index < -0.39 is 0 Å². The molecule has 2 N–H and O–H groups in total. The molecule has 5 heteroatoms. The summed E-state index contributed by atoms with van der Waals surface area (Å²) in [6, 6.07) is 15.9. The number of nitrogens with one attached hydrogen (secondary N) is 2. The fourth-order valence-corrected chi connectivity index (χ4v) is 3.50. The molecule has 0 radical (unpaired) electrons. The predicted octanol–water partition coefficient (Wildman–Crippen LogP) is 2.97. The quantitative estimate of drug-likeness (QED) is 0.872. The predicted molar refractivity (Wildman–Crippen MR) is 103 cm³/mol. The highest BCUT2D eigenvalue weighted by molar-refractivity contribution is 6.04. The van der Waals surface area contributed by atoms with Crippen molar-refractivity contribution in [1.82, 2.24) is 5.32 Å². The van der Waals surface area contributed by atoms with Gasteiger partial charge in [0.05, 0.1) is 17.8 Å². The van der Waals surface area contributed by atoms with Gasteiger partial charge in [-0.1, -0.05) is 30.3 Å². The molecule has 1 saturated carbocycles. The monoisotopic (exact) mass is 349 g/mol. The maximum Gasteiger partial charge on any atom is 0.253 e. The van der Waals surface area contributed by atoms with Crippen LogP contribution in [-0.4, -0.2) is 30.4 Å². The van der Waals surface area contributed by atoms with Crippen molar-refractivity contribution in [3.05, 3.63) is 59.7 Å². The molecule has 0 bridgehead atoms. The lowest BCUT2D eigenvalue weighted by molar-refractivity contribution is -0.115. The van der Waals surface area contributed by atoms with Crippen LogP contribution in [0.25, 0.3) is 0 Å². The normalized spacial score (nSPS) is 18.3. The maximum absolute atomic E-state index is 12.6. The number of amides is 2. The highest BCUT2D eigenvalue weighted by Gasteiger charge is 2.28. The zero-order valence-corrected chi connectivity index (χ0v) is 14.9. The zero-order valence-electron chi connectivity index (χ0n) is 14.9. The van der Waals surface area contributed by atoms with Crippen molar-refractivity contribution in [3.8, 4) is 0 Å². The maximum atomic E-state index is 12.6. The second-order valence-electron chi connectivity index (χ2n) is 7.15. The molecule has 5 nitrogen and oxygen atoms in total. The van der Waals surface area contributed by atoms with Crippen molar-refractivity contribution in [1.29, 1.82) is 0 Å². The van der Waals surface area contributed by atoms with Gasteiger partial charge in [-0.15, -0.1) is 0 Å². The third-order valence-electron chi connectivity index (χ3n) is 5.02. The van der Waals surface area contributed by atoms with Crippen LogP contribution in [0.3, 0.4) is 0 Å². The molecule has 1 heterocycles. The molecule has 1 unspecified atom stereocenters. The molecule has 1 aliphatic carbocycles. The Labute approximate surface area is 153 Å². The molecule has 0 spiro atoms. The molecule has 4 rings (SSSR count). The summed E-state index contributed by atoms with van der Waals surface area (Å²) in [7, 11) is 0. The van der Waals surface area contributed by atoms with Gasteiger partial charge in [-0.05, 0) is 49.9 Å². The zero-order chi connectivity index (χ0) is 18.1. The highest BCUT2D eigenvalue weighted by Crippen LogP contribution is 2.31. The van der Waals surface area contributed by atoms with Crippen molar-refractivity contribution >= 4 is 23.2 Å². The molecule has 2 aliphatic rings. The molecule has 1 fully saturated rings. The van der Waals surface area contributed by atoms with Crippen LogP contribution in [-0.2, 0) is 11.2 Å². The van der Waals surface area contributed by atoms with Gasteiger partial charge >= 0.3 is 0 Å². The number of nitrogens with zero attached hydrogens (tertiary/aromatic N) is 1. The van der Waals surface area contributed by atoms with E-state index in [1.54, 1.807) is 12.1 Å². The smallest absolute Gasteiger partial charge is 0.253 e. The molecule has 2 amide bonds. The fraction of sp³-hybridized carbons (Fsp3) is 0.333. The van der Waals surface area contributed by atoms with Crippen LogP contribution >= 0.6 is 0 Å². The van der Waals surface area contributed by atoms with E-state index in [0.717, 1.165) is 24.9 Å². The van der Waals surface area contributed by atoms with Gasteiger partial charge in [-0.3, -0.25) is 9.59 Å². The van der Waals surface area contributed by atoms with Gasteiger partial charge in [-0.2, -0.15) is 0 Å². The summed E-state index contributed by atoms with van der Waals surface area (Å²) in [6.07, 6.45) is 3.02. The Kier molecular flexibility index (Phi) is 4.37. The largest absolute Gasteiger partial charge is 0.359 e. The van der Waals surface area contributed by atoms with Crippen LogP contribution in [0.4, 0.5) is 11.4 Å². The van der Waals surface area contributed by atoms with Gasteiger partial charge in [0, 0.05) is 17.8 Å². The molecule has 26 heavy (non-hydrogen) atoms. The standard InChI is InChI=1S/C21H23N3O2/c1-14-12-15-6-2-5-9-19(15)24(14)13-20(25)23-18-8-4-3-7-17(18)21(26)22-16-10-11-16/h2-9,14,16H,10-13H2,1H3,(H,22,26)(H,23,25). The SMILES string of the molecule is CC1Cc2ccccc2N1CC(=O)Nc1ccccc1C(=O)NC1CC1. The Morgan fingerprint density at radius 1 is 1.08 bits per heavy atom. The van der Waals surface area contributed by atoms with E-state index in [4.69, 9.17) is 0 Å². The van der Waals surface area contributed by atoms with Crippen molar-refractivity contribution in [2.24, 2.45) is 0 Å². The summed E-state index contributed by atoms with van der Waals surface area (Å²) in [4.78, 5) is 27.2. The van der Waals surface area contributed by atoms with Gasteiger partial charge in [0.1, 0.15) is 0 Å². The van der Waals surface area contributed by atoms with Crippen LogP contribution in [0.15, 0.2) is 48.5 Å². The Morgan fingerprint density at radius 3 is 2.62 bits per heavy atom. The second kappa shape index (κ2) is 6.83. The molecule has 0 aromatic heterocycles. The molecule has 2 aromatic rings. The minimum Gasteiger partial charge on any atom is -0.359 e. The summed E-state index contributed by atoms with van der Waals surface area (Å²) in [5, 5.41) is 5.90. The lowest BCUT2D eigenvalue weighted by Gasteiger charge is -2.24. The van der Waals surface area contributed by atoms with Crippen molar-refractivity contribution in [3.63, 3.8) is 0 Å². The van der Waals surface area contributed by atoms with Crippen molar-refractivity contribution in [2.75, 3.05) is 16.8 Å². The lowest BCUT2D eigenvalue weighted by atomic mass is 10.1. The first-order valence-electron chi connectivity index (χ1n) is 9.16. The number of benzene rings is 2. The molecular formula is C21H23N3O2. The Hall–Kier alpha value is -2.82. The van der Waals surface area contributed by atoms with E-state index in [1.807, 2.05) is 24.3 Å². The third-order valence-corrected chi connectivity index (χ3v) is 5.02. The first kappa shape index (κ1) is 16.6. The summed E-state index contributed by atoms with van der Waals surface area (Å²) in [6.45, 7) is 2.40. The molecule has 0 saturated heterocycles. The molecular weight excluding hydrogens is 326 g/mol. The van der Waals surface area contributed by atoms with Crippen LogP contribution in [0, 0.1) is 0 Å². The van der Waals surface area contributed by atoms with E-state index in [9.17, 15) is 9.59 Å². The number of hydrogen-bond acceptors (Lipinski definition) is 3. The van der Waals surface area contributed by atoms with Gasteiger partial charge < -0.3 is 15.5 Å². The molecule has 1 aliphatic heterocycles. The molecule has 1 atom stereocenters. The molecule has 2 aromatic carbocycles. The van der Waals surface area contributed by atoms with Gasteiger partial charge in [0.15, 0.2) is 0 Å². The minimum absolute atomic E-state index is 0.111. The Morgan fingerprint density at radius 2 is 1.81 bits per heavy atom. The van der Waals surface area contributed by atoms with Crippen molar-refractivity contribution in [2.45, 2.75) is 38.3 Å². The number of carbonyl (C=O) groups is 2. The van der Waals surface area contributed by atoms with E-state index in [-0.39, 0.29) is 30.4 Å². The van der Waals surface area contributed by atoms with E-state index in [1.165, 1.54) is 5.56 Å². The number of fused-ring (bicyclic) bond motifs is 1. The van der Waals surface area contributed by atoms with E-state index in [0.29, 0.717) is 11.3 Å². The Balaban J connectivity index is 1.46. The topological polar surface area (TPSA) is 61.4 Å². The van der Waals surface area contributed by atoms with Gasteiger partial charge in [0.25, 0.3) is 5.91 Å². The van der Waals surface area contributed by atoms with Crippen LogP contribution in [0.5, 0.6) is 0 Å². The second-order valence-corrected chi connectivity index (χ2v) is 7.15. The summed E-state index contributed by atoms with van der Waals surface area (Å²) < 4.78 is 0. The summed E-state index contributed by atoms with van der Waals surface area (Å²) in [5.74, 6) is -0.233. The van der Waals surface area contributed by atoms with Gasteiger partial charge in [0.2, 0.25) is 5.91 Å². The minimum atomic E-state index is -0.122. The molecule has 134 valence electrons. The number of para-hydroxylation sites is 2. The van der Waals surface area contributed by atoms with Crippen LogP contribution < -0.4 is 15.5 Å². The van der Waals surface area contributed by atoms with Crippen LogP contribution in [0.1, 0.15) is 35.7 Å². The number of rotatable bonds is 5. The highest BCUT2D eigenvalue weighted by atomic mass is 16.2. The van der Waals surface area contributed by atoms with Crippen molar-refractivity contribution < 1.29 is 9.59 Å². The first-order chi connectivity index (χ1) is 12.6. The first-order valence-corrected chi connectivity index (χ1v) is 9.16. The lowest BCUT2D eigenvalue weighted by Crippen LogP contribution is -2.37. The van der Waals surface area contributed by atoms with E-state index in [2.05, 4.69) is 34.6 Å². The van der Waals surface area contributed by atoms with Gasteiger partial charge in [-0.25, -0.2) is 0 Å². The average Bonchev–Trinajstić information content (AvgIpc) is 3.39. The summed E-state index contributed by atoms with van der Waals surface area (Å²) in [5.41, 5.74) is 3.48. The number of hydrogen-bond donors (Lipinski definition) is 2. The fourth-order valence-electron chi connectivity index (χ4n) is 3.50. The number of carbonyl (C=O) groups excluding carboxylic acids is 2.